The van der Waals surface area contributed by atoms with Gasteiger partial charge in [0.2, 0.25) is 5.91 Å². The average Bonchev–Trinajstić information content (AvgIpc) is 3.17. The molecule has 4 aromatic carbocycles. The van der Waals surface area contributed by atoms with Gasteiger partial charge in [-0.3, -0.25) is 4.79 Å². The highest BCUT2D eigenvalue weighted by atomic mass is 32.2. The number of carbonyl (C=O) groups excluding carboxylic acids is 1. The number of nitrogens with two attached hydrogens (primary N) is 1. The molecule has 5 aromatic rings. The third-order valence-electron chi connectivity index (χ3n) is 5.98. The zero-order valence-electron chi connectivity index (χ0n) is 19.1. The maximum absolute atomic E-state index is 12.7. The molecule has 0 saturated heterocycles. The maximum atomic E-state index is 12.7. The highest BCUT2D eigenvalue weighted by Gasteiger charge is 2.29. The molecule has 5 rings (SSSR count). The Morgan fingerprint density at radius 2 is 1.72 bits per heavy atom. The van der Waals surface area contributed by atoms with Crippen LogP contribution in [0.3, 0.4) is 0 Å². The molecule has 0 unspecified atom stereocenters. The molecule has 1 heterocycles. The molecule has 0 saturated carbocycles. The molecule has 1 amide bonds. The maximum Gasteiger partial charge on any atom is 0.446 e. The van der Waals surface area contributed by atoms with Crippen LogP contribution in [0.4, 0.5) is 13.2 Å². The van der Waals surface area contributed by atoms with Gasteiger partial charge in [-0.1, -0.05) is 30.3 Å². The van der Waals surface area contributed by atoms with Gasteiger partial charge in [0.25, 0.3) is 0 Å². The lowest BCUT2D eigenvalue weighted by molar-refractivity contribution is -0.0328. The SMILES string of the molecule is COc1ccc(-c2c[c]c3c4c(C(N)=O)cccc4n(Cc4ccc(SC(F)(F)F)cc4)c3c2)cc1. The van der Waals surface area contributed by atoms with Crippen molar-refractivity contribution in [2.45, 2.75) is 16.9 Å². The molecule has 0 aliphatic rings. The van der Waals surface area contributed by atoms with Crippen LogP contribution in [0, 0.1) is 6.07 Å². The Labute approximate surface area is 209 Å². The Hall–Kier alpha value is -3.91. The van der Waals surface area contributed by atoms with Gasteiger partial charge >= 0.3 is 5.51 Å². The molecule has 0 aliphatic carbocycles. The van der Waals surface area contributed by atoms with E-state index in [1.807, 2.05) is 47.0 Å². The molecule has 2 N–H and O–H groups in total. The number of methoxy groups -OCH3 is 1. The minimum atomic E-state index is -4.34. The van der Waals surface area contributed by atoms with Crippen molar-refractivity contribution < 1.29 is 22.7 Å². The molecule has 1 aromatic heterocycles. The highest BCUT2D eigenvalue weighted by molar-refractivity contribution is 8.00. The first kappa shape index (κ1) is 23.8. The molecule has 8 heteroatoms. The minimum Gasteiger partial charge on any atom is -0.497 e. The van der Waals surface area contributed by atoms with Crippen molar-refractivity contribution in [2.24, 2.45) is 5.73 Å². The molecule has 0 fully saturated rings. The Kier molecular flexibility index (Phi) is 6.14. The molecule has 181 valence electrons. The number of thioether (sulfide) groups is 1. The van der Waals surface area contributed by atoms with E-state index in [1.54, 1.807) is 31.4 Å². The minimum absolute atomic E-state index is 0.125. The summed E-state index contributed by atoms with van der Waals surface area (Å²) in [6.07, 6.45) is 0. The number of rotatable bonds is 6. The van der Waals surface area contributed by atoms with Crippen molar-refractivity contribution in [3.05, 3.63) is 96.1 Å². The van der Waals surface area contributed by atoms with Crippen LogP contribution in [0.5, 0.6) is 5.75 Å². The van der Waals surface area contributed by atoms with E-state index in [-0.39, 0.29) is 16.7 Å². The summed E-state index contributed by atoms with van der Waals surface area (Å²) in [6, 6.07) is 26.5. The summed E-state index contributed by atoms with van der Waals surface area (Å²) < 4.78 is 45.5. The summed E-state index contributed by atoms with van der Waals surface area (Å²) >= 11 is -0.142. The summed E-state index contributed by atoms with van der Waals surface area (Å²) in [7, 11) is 1.61. The standard InChI is InChI=1S/C28H20F3N2O2S/c1-35-20-10-7-18(8-11-20)19-9-14-22-25(15-19)33(24-4-2-3-23(26(22)24)27(32)34)16-17-5-12-21(13-6-17)36-28(29,30)31/h2-13,15H,16H2,1H3,(H2,32,34). The largest absolute Gasteiger partial charge is 0.497 e. The molecule has 0 atom stereocenters. The van der Waals surface area contributed by atoms with Gasteiger partial charge in [-0.15, -0.1) is 0 Å². The summed E-state index contributed by atoms with van der Waals surface area (Å²) in [5.74, 6) is 0.206. The number of alkyl halides is 3. The van der Waals surface area contributed by atoms with Gasteiger partial charge < -0.3 is 15.0 Å². The number of halogens is 3. The predicted molar refractivity (Wildman–Crippen MR) is 136 cm³/mol. The van der Waals surface area contributed by atoms with Gasteiger partial charge in [0, 0.05) is 27.8 Å². The smallest absolute Gasteiger partial charge is 0.446 e. The van der Waals surface area contributed by atoms with Gasteiger partial charge in [-0.25, -0.2) is 0 Å². The first-order valence-electron chi connectivity index (χ1n) is 11.0. The van der Waals surface area contributed by atoms with Crippen LogP contribution >= 0.6 is 11.8 Å². The van der Waals surface area contributed by atoms with E-state index in [1.165, 1.54) is 12.1 Å². The zero-order valence-corrected chi connectivity index (χ0v) is 19.9. The monoisotopic (exact) mass is 505 g/mol. The second-order valence-electron chi connectivity index (χ2n) is 8.22. The van der Waals surface area contributed by atoms with Crippen LogP contribution in [-0.4, -0.2) is 23.1 Å². The number of carbonyl (C=O) groups is 1. The summed E-state index contributed by atoms with van der Waals surface area (Å²) in [4.78, 5) is 12.3. The van der Waals surface area contributed by atoms with Crippen LogP contribution < -0.4 is 10.5 Å². The van der Waals surface area contributed by atoms with Gasteiger partial charge in [0.05, 0.1) is 18.1 Å². The van der Waals surface area contributed by atoms with Crippen LogP contribution in [0.25, 0.3) is 32.9 Å². The second-order valence-corrected chi connectivity index (χ2v) is 9.36. The van der Waals surface area contributed by atoms with Crippen LogP contribution in [0.2, 0.25) is 0 Å². The Morgan fingerprint density at radius 3 is 2.36 bits per heavy atom. The predicted octanol–water partition coefficient (Wildman–Crippen LogP) is 7.03. The normalized spacial score (nSPS) is 11.8. The van der Waals surface area contributed by atoms with E-state index in [2.05, 4.69) is 6.07 Å². The lowest BCUT2D eigenvalue weighted by Crippen LogP contribution is -2.11. The molecule has 4 nitrogen and oxygen atoms in total. The van der Waals surface area contributed by atoms with Gasteiger partial charge in [0.15, 0.2) is 0 Å². The van der Waals surface area contributed by atoms with E-state index in [0.717, 1.165) is 38.9 Å². The van der Waals surface area contributed by atoms with E-state index < -0.39 is 11.4 Å². The fourth-order valence-corrected chi connectivity index (χ4v) is 4.90. The molecule has 1 radical (unpaired) electrons. The zero-order chi connectivity index (χ0) is 25.4. The number of benzene rings is 4. The lowest BCUT2D eigenvalue weighted by atomic mass is 10.0. The van der Waals surface area contributed by atoms with Crippen LogP contribution in [0.15, 0.2) is 83.8 Å². The first-order valence-corrected chi connectivity index (χ1v) is 11.8. The summed E-state index contributed by atoms with van der Waals surface area (Å²) in [5.41, 5.74) is 6.06. The van der Waals surface area contributed by atoms with Crippen molar-refractivity contribution in [1.29, 1.82) is 0 Å². The Bertz CT molecular complexity index is 1570. The lowest BCUT2D eigenvalue weighted by Gasteiger charge is -2.11. The topological polar surface area (TPSA) is 57.2 Å². The van der Waals surface area contributed by atoms with E-state index in [9.17, 15) is 18.0 Å². The first-order chi connectivity index (χ1) is 17.2. The number of ether oxygens (including phenoxy) is 1. The van der Waals surface area contributed by atoms with Crippen molar-refractivity contribution in [3.8, 4) is 16.9 Å². The molecule has 0 bridgehead atoms. The summed E-state index contributed by atoms with van der Waals surface area (Å²) in [6.45, 7) is 0.388. The third kappa shape index (κ3) is 4.64. The number of amides is 1. The van der Waals surface area contributed by atoms with Crippen molar-refractivity contribution in [1.82, 2.24) is 4.57 Å². The van der Waals surface area contributed by atoms with Crippen LogP contribution in [0.1, 0.15) is 15.9 Å². The quantitative estimate of drug-likeness (QED) is 0.252. The van der Waals surface area contributed by atoms with E-state index in [4.69, 9.17) is 10.5 Å². The fourth-order valence-electron chi connectivity index (χ4n) is 4.36. The highest BCUT2D eigenvalue weighted by Crippen LogP contribution is 2.38. The van der Waals surface area contributed by atoms with Gasteiger partial charge in [0.1, 0.15) is 5.75 Å². The molecule has 0 aliphatic heterocycles. The molecule has 0 spiro atoms. The number of primary amides is 1. The van der Waals surface area contributed by atoms with Gasteiger partial charge in [-0.2, -0.15) is 13.2 Å². The summed E-state index contributed by atoms with van der Waals surface area (Å²) in [5, 5.41) is 1.45. The Morgan fingerprint density at radius 1 is 1.00 bits per heavy atom. The fraction of sp³-hybridized carbons (Fsp3) is 0.107. The van der Waals surface area contributed by atoms with Crippen molar-refractivity contribution in [2.75, 3.05) is 7.11 Å². The average molecular weight is 506 g/mol. The molecular weight excluding hydrogens is 485 g/mol. The van der Waals surface area contributed by atoms with Crippen molar-refractivity contribution >= 4 is 39.5 Å². The van der Waals surface area contributed by atoms with Crippen LogP contribution in [-0.2, 0) is 6.54 Å². The molecular formula is C28H20F3N2O2S. The number of fused-ring (bicyclic) bond motifs is 3. The van der Waals surface area contributed by atoms with E-state index >= 15 is 0 Å². The number of aromatic nitrogens is 1. The second kappa shape index (κ2) is 9.28. The number of hydrogen-bond acceptors (Lipinski definition) is 3. The number of hydrogen-bond donors (Lipinski definition) is 1. The third-order valence-corrected chi connectivity index (χ3v) is 6.72. The Balaban J connectivity index is 1.65. The van der Waals surface area contributed by atoms with Crippen molar-refractivity contribution in [3.63, 3.8) is 0 Å². The molecule has 36 heavy (non-hydrogen) atoms. The van der Waals surface area contributed by atoms with E-state index in [0.29, 0.717) is 17.5 Å². The van der Waals surface area contributed by atoms with Gasteiger partial charge in [-0.05, 0) is 83.0 Å². The number of nitrogens with zero attached hydrogens (tertiary/aromatic N) is 1.